The number of epoxide rings is 2. The van der Waals surface area contributed by atoms with Crippen LogP contribution in [0, 0.1) is 0 Å². The van der Waals surface area contributed by atoms with Gasteiger partial charge >= 0.3 is 11.4 Å². The summed E-state index contributed by atoms with van der Waals surface area (Å²) in [6.45, 7) is 4.25. The summed E-state index contributed by atoms with van der Waals surface area (Å²) < 4.78 is 15.9. The first kappa shape index (κ1) is 14.4. The number of nitrogens with zero attached hydrogens (tertiary/aromatic N) is 6. The van der Waals surface area contributed by atoms with Gasteiger partial charge in [0.1, 0.15) is 31.0 Å². The van der Waals surface area contributed by atoms with Crippen LogP contribution < -0.4 is 11.4 Å². The lowest BCUT2D eigenvalue weighted by molar-refractivity contribution is 0.367. The number of aromatic nitrogens is 6. The highest BCUT2D eigenvalue weighted by Gasteiger charge is 2.26. The molecule has 4 rings (SSSR count). The highest BCUT2D eigenvalue weighted by molar-refractivity contribution is 4.89. The van der Waals surface area contributed by atoms with E-state index in [4.69, 9.17) is 9.47 Å². The minimum absolute atomic E-state index is 0.0739. The van der Waals surface area contributed by atoms with Crippen molar-refractivity contribution in [1.29, 1.82) is 0 Å². The second-order valence-electron chi connectivity index (χ2n) is 5.78. The van der Waals surface area contributed by atoms with Gasteiger partial charge in [-0.25, -0.2) is 19.0 Å². The normalized spacial score (nSPS) is 22.5. The summed E-state index contributed by atoms with van der Waals surface area (Å²) >= 11 is 0. The lowest BCUT2D eigenvalue weighted by atomic mass is 10.4. The Bertz CT molecular complexity index is 822. The zero-order chi connectivity index (χ0) is 16.0. The molecule has 0 saturated carbocycles. The van der Waals surface area contributed by atoms with Crippen molar-refractivity contribution in [3.05, 3.63) is 33.1 Å². The molecule has 124 valence electrons. The Kier molecular flexibility index (Phi) is 3.42. The van der Waals surface area contributed by atoms with Crippen LogP contribution in [0.2, 0.25) is 0 Å². The standard InChI is InChI=1S/C13H18N6O4/c1-2-11-15-19(4-10-6-23-10)13(21)17(11)8-16-7-14-18(12(16)20)3-9-5-22-9/h7,9-10H,2-6,8H2,1H3/t9-,10-/m0/s1. The molecular formula is C13H18N6O4. The maximum Gasteiger partial charge on any atom is 0.347 e. The van der Waals surface area contributed by atoms with Gasteiger partial charge in [-0.2, -0.15) is 10.2 Å². The Balaban J connectivity index is 1.60. The van der Waals surface area contributed by atoms with Crippen LogP contribution in [0.5, 0.6) is 0 Å². The largest absolute Gasteiger partial charge is 0.371 e. The minimum Gasteiger partial charge on any atom is -0.371 e. The van der Waals surface area contributed by atoms with E-state index in [9.17, 15) is 9.59 Å². The van der Waals surface area contributed by atoms with Gasteiger partial charge in [-0.1, -0.05) is 6.92 Å². The average Bonchev–Trinajstić information content (AvgIpc) is 3.45. The van der Waals surface area contributed by atoms with Crippen molar-refractivity contribution in [1.82, 2.24) is 28.7 Å². The molecule has 10 heteroatoms. The van der Waals surface area contributed by atoms with Gasteiger partial charge in [0, 0.05) is 6.42 Å². The predicted molar refractivity (Wildman–Crippen MR) is 77.2 cm³/mol. The zero-order valence-corrected chi connectivity index (χ0v) is 12.8. The molecule has 0 spiro atoms. The Morgan fingerprint density at radius 2 is 1.78 bits per heavy atom. The van der Waals surface area contributed by atoms with E-state index >= 15 is 0 Å². The maximum absolute atomic E-state index is 12.5. The molecule has 2 atom stereocenters. The van der Waals surface area contributed by atoms with E-state index in [1.807, 2.05) is 6.92 Å². The van der Waals surface area contributed by atoms with Crippen LogP contribution in [0.1, 0.15) is 12.7 Å². The second-order valence-corrected chi connectivity index (χ2v) is 5.78. The van der Waals surface area contributed by atoms with Crippen LogP contribution in [0.3, 0.4) is 0 Å². The summed E-state index contributed by atoms with van der Waals surface area (Å²) in [5.41, 5.74) is -0.491. The van der Waals surface area contributed by atoms with Crippen molar-refractivity contribution in [2.45, 2.75) is 45.3 Å². The fourth-order valence-corrected chi connectivity index (χ4v) is 2.49. The molecule has 0 unspecified atom stereocenters. The van der Waals surface area contributed by atoms with Gasteiger partial charge in [0.2, 0.25) is 0 Å². The average molecular weight is 322 g/mol. The molecule has 0 amide bonds. The highest BCUT2D eigenvalue weighted by atomic mass is 16.6. The molecule has 2 aromatic heterocycles. The van der Waals surface area contributed by atoms with Crippen LogP contribution in [-0.2, 0) is 35.7 Å². The number of aryl methyl sites for hydroxylation is 1. The van der Waals surface area contributed by atoms with Crippen LogP contribution in [0.15, 0.2) is 15.9 Å². The molecule has 4 heterocycles. The van der Waals surface area contributed by atoms with Gasteiger partial charge < -0.3 is 9.47 Å². The molecule has 23 heavy (non-hydrogen) atoms. The molecular weight excluding hydrogens is 304 g/mol. The fraction of sp³-hybridized carbons (Fsp3) is 0.692. The summed E-state index contributed by atoms with van der Waals surface area (Å²) in [6.07, 6.45) is 2.20. The van der Waals surface area contributed by atoms with Crippen molar-refractivity contribution in [3.63, 3.8) is 0 Å². The molecule has 2 aromatic rings. The second kappa shape index (κ2) is 5.46. The molecule has 0 radical (unpaired) electrons. The van der Waals surface area contributed by atoms with Crippen molar-refractivity contribution in [3.8, 4) is 0 Å². The molecule has 2 fully saturated rings. The van der Waals surface area contributed by atoms with Crippen molar-refractivity contribution in [2.75, 3.05) is 13.2 Å². The van der Waals surface area contributed by atoms with Gasteiger partial charge in [0.05, 0.1) is 26.3 Å². The first-order valence-corrected chi connectivity index (χ1v) is 7.67. The lowest BCUT2D eigenvalue weighted by Crippen LogP contribution is -2.33. The summed E-state index contributed by atoms with van der Waals surface area (Å²) in [4.78, 5) is 24.8. The first-order chi connectivity index (χ1) is 11.2. The molecule has 0 bridgehead atoms. The SMILES string of the molecule is CCc1nn(C[C@H]2CO2)c(=O)n1Cn1cnn(C[C@H]2CO2)c1=O. The molecule has 0 aromatic carbocycles. The van der Waals surface area contributed by atoms with E-state index in [2.05, 4.69) is 10.2 Å². The van der Waals surface area contributed by atoms with Crippen LogP contribution in [-0.4, -0.2) is 54.1 Å². The third-order valence-electron chi connectivity index (χ3n) is 3.96. The molecule has 10 nitrogen and oxygen atoms in total. The Hall–Kier alpha value is -2.20. The van der Waals surface area contributed by atoms with E-state index < -0.39 is 0 Å². The molecule has 2 aliphatic rings. The van der Waals surface area contributed by atoms with Crippen molar-refractivity contribution >= 4 is 0 Å². The Labute approximate surface area is 130 Å². The zero-order valence-electron chi connectivity index (χ0n) is 12.8. The highest BCUT2D eigenvalue weighted by Crippen LogP contribution is 2.10. The van der Waals surface area contributed by atoms with E-state index in [1.165, 1.54) is 24.8 Å². The minimum atomic E-state index is -0.257. The quantitative estimate of drug-likeness (QED) is 0.561. The van der Waals surface area contributed by atoms with Gasteiger partial charge in [0.25, 0.3) is 0 Å². The molecule has 0 aliphatic carbocycles. The van der Waals surface area contributed by atoms with Gasteiger partial charge in [-0.15, -0.1) is 0 Å². The van der Waals surface area contributed by atoms with E-state index in [-0.39, 0.29) is 30.3 Å². The van der Waals surface area contributed by atoms with E-state index in [0.29, 0.717) is 38.5 Å². The summed E-state index contributed by atoms with van der Waals surface area (Å²) in [5, 5.41) is 8.39. The third kappa shape index (κ3) is 2.86. The monoisotopic (exact) mass is 322 g/mol. The smallest absolute Gasteiger partial charge is 0.347 e. The lowest BCUT2D eigenvalue weighted by Gasteiger charge is -2.03. The number of hydrogen-bond acceptors (Lipinski definition) is 6. The topological polar surface area (TPSA) is 105 Å². The van der Waals surface area contributed by atoms with Gasteiger partial charge in [-0.3, -0.25) is 9.13 Å². The first-order valence-electron chi connectivity index (χ1n) is 7.67. The third-order valence-corrected chi connectivity index (χ3v) is 3.96. The van der Waals surface area contributed by atoms with Crippen molar-refractivity contribution in [2.24, 2.45) is 0 Å². The van der Waals surface area contributed by atoms with E-state index in [1.54, 1.807) is 0 Å². The van der Waals surface area contributed by atoms with Crippen LogP contribution in [0.25, 0.3) is 0 Å². The van der Waals surface area contributed by atoms with Crippen molar-refractivity contribution < 1.29 is 9.47 Å². The van der Waals surface area contributed by atoms with Crippen LogP contribution >= 0.6 is 0 Å². The maximum atomic E-state index is 12.5. The van der Waals surface area contributed by atoms with Crippen LogP contribution in [0.4, 0.5) is 0 Å². The number of ether oxygens (including phenoxy) is 2. The Morgan fingerprint density at radius 1 is 1.13 bits per heavy atom. The predicted octanol–water partition coefficient (Wildman–Crippen LogP) is -1.73. The number of rotatable bonds is 7. The number of hydrogen-bond donors (Lipinski definition) is 0. The van der Waals surface area contributed by atoms with Gasteiger partial charge in [-0.05, 0) is 0 Å². The molecule has 0 N–H and O–H groups in total. The van der Waals surface area contributed by atoms with E-state index in [0.717, 1.165) is 0 Å². The summed E-state index contributed by atoms with van der Waals surface area (Å²) in [7, 11) is 0. The molecule has 2 saturated heterocycles. The molecule has 2 aliphatic heterocycles. The summed E-state index contributed by atoms with van der Waals surface area (Å²) in [6, 6.07) is 0. The van der Waals surface area contributed by atoms with Gasteiger partial charge in [0.15, 0.2) is 0 Å². The Morgan fingerprint density at radius 3 is 2.39 bits per heavy atom. The summed E-state index contributed by atoms with van der Waals surface area (Å²) in [5.74, 6) is 0.640. The fourth-order valence-electron chi connectivity index (χ4n) is 2.49.